The van der Waals surface area contributed by atoms with Gasteiger partial charge >= 0.3 is 6.18 Å². The molecule has 2 fully saturated rings. The van der Waals surface area contributed by atoms with Gasteiger partial charge in [0.1, 0.15) is 0 Å². The van der Waals surface area contributed by atoms with E-state index >= 15 is 0 Å². The normalized spacial score (nSPS) is 21.8. The average molecular weight is 385 g/mol. The molecule has 0 aliphatic carbocycles. The number of nitrogens with zero attached hydrogens (tertiary/aromatic N) is 2. The molecule has 0 bridgehead atoms. The minimum Gasteiger partial charge on any atom is -0.378 e. The Bertz CT molecular complexity index is 690. The van der Waals surface area contributed by atoms with Crippen molar-refractivity contribution in [3.63, 3.8) is 0 Å². The molecule has 27 heavy (non-hydrogen) atoms. The molecule has 2 aliphatic heterocycles. The zero-order valence-electron chi connectivity index (χ0n) is 14.8. The van der Waals surface area contributed by atoms with Gasteiger partial charge in [0.15, 0.2) is 0 Å². The van der Waals surface area contributed by atoms with Crippen LogP contribution in [0.2, 0.25) is 0 Å². The van der Waals surface area contributed by atoms with Crippen LogP contribution in [-0.2, 0) is 27.0 Å². The fraction of sp³-hybridized carbons (Fsp3) is 0.556. The van der Waals surface area contributed by atoms with Gasteiger partial charge in [-0.25, -0.2) is 0 Å². The van der Waals surface area contributed by atoms with Crippen molar-refractivity contribution < 1.29 is 27.5 Å². The quantitative estimate of drug-likeness (QED) is 0.848. The summed E-state index contributed by atoms with van der Waals surface area (Å²) in [5, 5.41) is 2.70. The maximum Gasteiger partial charge on any atom is 0.416 e. The van der Waals surface area contributed by atoms with E-state index in [4.69, 9.17) is 4.74 Å². The Morgan fingerprint density at radius 2 is 1.89 bits per heavy atom. The molecule has 1 aromatic carbocycles. The van der Waals surface area contributed by atoms with Gasteiger partial charge in [0, 0.05) is 32.7 Å². The summed E-state index contributed by atoms with van der Waals surface area (Å²) in [5.74, 6) is -0.512. The van der Waals surface area contributed by atoms with Gasteiger partial charge in [0.25, 0.3) is 0 Å². The van der Waals surface area contributed by atoms with Crippen LogP contribution in [0, 0.1) is 0 Å². The number of hydrogen-bond acceptors (Lipinski definition) is 4. The molecule has 0 aromatic heterocycles. The summed E-state index contributed by atoms with van der Waals surface area (Å²) in [6.45, 7) is 2.52. The average Bonchev–Trinajstić information content (AvgIpc) is 2.65. The summed E-state index contributed by atoms with van der Waals surface area (Å²) >= 11 is 0. The number of carbonyl (C=O) groups excluding carboxylic acids is 2. The molecule has 0 spiro atoms. The third kappa shape index (κ3) is 4.78. The second kappa shape index (κ2) is 8.26. The van der Waals surface area contributed by atoms with E-state index in [1.54, 1.807) is 15.9 Å². The van der Waals surface area contributed by atoms with Gasteiger partial charge in [0.2, 0.25) is 11.8 Å². The topological polar surface area (TPSA) is 61.9 Å². The highest BCUT2D eigenvalue weighted by Gasteiger charge is 2.37. The predicted molar refractivity (Wildman–Crippen MR) is 90.7 cm³/mol. The van der Waals surface area contributed by atoms with Crippen LogP contribution in [-0.4, -0.2) is 67.0 Å². The van der Waals surface area contributed by atoms with Crippen LogP contribution in [0.5, 0.6) is 0 Å². The molecule has 1 atom stereocenters. The summed E-state index contributed by atoms with van der Waals surface area (Å²) in [6, 6.07) is 4.55. The van der Waals surface area contributed by atoms with Crippen molar-refractivity contribution in [1.82, 2.24) is 15.1 Å². The van der Waals surface area contributed by atoms with Crippen LogP contribution in [0.4, 0.5) is 13.2 Å². The molecule has 2 aliphatic rings. The number of hydrogen-bond donors (Lipinski definition) is 1. The Morgan fingerprint density at radius 3 is 2.59 bits per heavy atom. The molecule has 1 N–H and O–H groups in total. The molecule has 0 saturated carbocycles. The highest BCUT2D eigenvalue weighted by atomic mass is 19.4. The van der Waals surface area contributed by atoms with E-state index in [2.05, 4.69) is 5.32 Å². The van der Waals surface area contributed by atoms with Crippen LogP contribution >= 0.6 is 0 Å². The number of rotatable bonds is 4. The first-order chi connectivity index (χ1) is 12.9. The monoisotopic (exact) mass is 385 g/mol. The summed E-state index contributed by atoms with van der Waals surface area (Å²) in [5.41, 5.74) is -0.613. The second-order valence-corrected chi connectivity index (χ2v) is 6.63. The molecule has 9 heteroatoms. The summed E-state index contributed by atoms with van der Waals surface area (Å²) in [6.07, 6.45) is -4.52. The van der Waals surface area contributed by atoms with Gasteiger partial charge in [0.05, 0.1) is 31.2 Å². The SMILES string of the molecule is O=C1NCCN(Cc2ccccc2C(F)(F)F)C1CC(=O)N1CCOCC1. The van der Waals surface area contributed by atoms with Crippen LogP contribution in [0.25, 0.3) is 0 Å². The van der Waals surface area contributed by atoms with E-state index in [0.717, 1.165) is 6.07 Å². The van der Waals surface area contributed by atoms with Gasteiger partial charge in [-0.1, -0.05) is 18.2 Å². The minimum atomic E-state index is -4.46. The molecule has 6 nitrogen and oxygen atoms in total. The molecule has 1 unspecified atom stereocenters. The van der Waals surface area contributed by atoms with E-state index in [1.807, 2.05) is 0 Å². The maximum absolute atomic E-state index is 13.3. The van der Waals surface area contributed by atoms with Crippen LogP contribution in [0.3, 0.4) is 0 Å². The van der Waals surface area contributed by atoms with Crippen molar-refractivity contribution in [1.29, 1.82) is 0 Å². The fourth-order valence-corrected chi connectivity index (χ4v) is 3.43. The van der Waals surface area contributed by atoms with Crippen LogP contribution in [0.1, 0.15) is 17.5 Å². The second-order valence-electron chi connectivity index (χ2n) is 6.63. The molecular weight excluding hydrogens is 363 g/mol. The van der Waals surface area contributed by atoms with Gasteiger partial charge < -0.3 is 15.0 Å². The Morgan fingerprint density at radius 1 is 1.19 bits per heavy atom. The number of alkyl halides is 3. The smallest absolute Gasteiger partial charge is 0.378 e. The van der Waals surface area contributed by atoms with Crippen molar-refractivity contribution in [3.8, 4) is 0 Å². The van der Waals surface area contributed by atoms with Crippen molar-refractivity contribution in [3.05, 3.63) is 35.4 Å². The number of morpholine rings is 1. The Balaban J connectivity index is 1.75. The zero-order chi connectivity index (χ0) is 19.4. The van der Waals surface area contributed by atoms with Crippen molar-refractivity contribution in [2.24, 2.45) is 0 Å². The maximum atomic E-state index is 13.3. The van der Waals surface area contributed by atoms with Gasteiger partial charge in [-0.15, -0.1) is 0 Å². The number of amides is 2. The highest BCUT2D eigenvalue weighted by Crippen LogP contribution is 2.32. The van der Waals surface area contributed by atoms with E-state index in [9.17, 15) is 22.8 Å². The predicted octanol–water partition coefficient (Wildman–Crippen LogP) is 1.25. The standard InChI is InChI=1S/C18H22F3N3O3/c19-18(20,21)14-4-2-1-3-13(14)12-24-6-5-22-17(26)15(24)11-16(25)23-7-9-27-10-8-23/h1-4,15H,5-12H2,(H,22,26). The molecule has 2 heterocycles. The lowest BCUT2D eigenvalue weighted by Crippen LogP contribution is -2.56. The highest BCUT2D eigenvalue weighted by molar-refractivity contribution is 5.88. The van der Waals surface area contributed by atoms with E-state index in [-0.39, 0.29) is 30.3 Å². The summed E-state index contributed by atoms with van der Waals surface area (Å²) in [7, 11) is 0. The third-order valence-corrected chi connectivity index (χ3v) is 4.87. The first kappa shape index (κ1) is 19.6. The summed E-state index contributed by atoms with van der Waals surface area (Å²) < 4.78 is 45.0. The van der Waals surface area contributed by atoms with Gasteiger partial charge in [-0.2, -0.15) is 13.2 Å². The Kier molecular flexibility index (Phi) is 6.01. The first-order valence-electron chi connectivity index (χ1n) is 8.88. The lowest BCUT2D eigenvalue weighted by atomic mass is 10.0. The lowest BCUT2D eigenvalue weighted by molar-refractivity contribution is -0.142. The number of ether oxygens (including phenoxy) is 1. The number of piperazine rings is 1. The number of benzene rings is 1. The number of carbonyl (C=O) groups is 2. The molecule has 148 valence electrons. The molecule has 0 radical (unpaired) electrons. The minimum absolute atomic E-state index is 0.0375. The zero-order valence-corrected chi connectivity index (χ0v) is 14.8. The number of halogens is 3. The molecule has 3 rings (SSSR count). The van der Waals surface area contributed by atoms with Crippen LogP contribution < -0.4 is 5.32 Å². The number of nitrogens with one attached hydrogen (secondary N) is 1. The lowest BCUT2D eigenvalue weighted by Gasteiger charge is -2.36. The van der Waals surface area contributed by atoms with Crippen molar-refractivity contribution in [2.45, 2.75) is 25.2 Å². The largest absolute Gasteiger partial charge is 0.416 e. The van der Waals surface area contributed by atoms with Crippen molar-refractivity contribution >= 4 is 11.8 Å². The molecule has 2 saturated heterocycles. The van der Waals surface area contributed by atoms with Crippen molar-refractivity contribution in [2.75, 3.05) is 39.4 Å². The Labute approximate surface area is 155 Å². The summed E-state index contributed by atoms with van der Waals surface area (Å²) in [4.78, 5) is 28.1. The van der Waals surface area contributed by atoms with E-state index in [0.29, 0.717) is 39.4 Å². The third-order valence-electron chi connectivity index (χ3n) is 4.87. The molecular formula is C18H22F3N3O3. The first-order valence-corrected chi connectivity index (χ1v) is 8.88. The van der Waals surface area contributed by atoms with Gasteiger partial charge in [-0.3, -0.25) is 14.5 Å². The molecule has 2 amide bonds. The van der Waals surface area contributed by atoms with E-state index in [1.165, 1.54) is 12.1 Å². The fourth-order valence-electron chi connectivity index (χ4n) is 3.43. The molecule has 1 aromatic rings. The van der Waals surface area contributed by atoms with Crippen LogP contribution in [0.15, 0.2) is 24.3 Å². The Hall–Kier alpha value is -2.13. The van der Waals surface area contributed by atoms with Gasteiger partial charge in [-0.05, 0) is 11.6 Å². The van der Waals surface area contributed by atoms with E-state index < -0.39 is 17.8 Å².